The van der Waals surface area contributed by atoms with Crippen LogP contribution >= 0.6 is 0 Å². The molecule has 0 saturated heterocycles. The largest absolute Gasteiger partial charge is 0.497 e. The Morgan fingerprint density at radius 1 is 0.947 bits per heavy atom. The molecular weight excluding hydrogens is 240 g/mol. The Bertz CT molecular complexity index is 603. The lowest BCUT2D eigenvalue weighted by Gasteiger charge is -2.10. The van der Waals surface area contributed by atoms with E-state index in [1.54, 1.807) is 33.3 Å². The van der Waals surface area contributed by atoms with Gasteiger partial charge in [-0.05, 0) is 48.4 Å². The Labute approximate surface area is 112 Å². The molecule has 0 aliphatic heterocycles. The van der Waals surface area contributed by atoms with Gasteiger partial charge in [0.25, 0.3) is 0 Å². The van der Waals surface area contributed by atoms with Gasteiger partial charge < -0.3 is 9.47 Å². The molecule has 2 rings (SSSR count). The van der Waals surface area contributed by atoms with Crippen molar-refractivity contribution in [1.82, 2.24) is 0 Å². The maximum atomic E-state index is 11.7. The molecule has 0 aliphatic carbocycles. The van der Waals surface area contributed by atoms with Gasteiger partial charge in [-0.2, -0.15) is 0 Å². The van der Waals surface area contributed by atoms with Crippen molar-refractivity contribution in [3.05, 3.63) is 48.0 Å². The molecule has 3 heteroatoms. The number of carbonyl (C=O) groups is 1. The summed E-state index contributed by atoms with van der Waals surface area (Å²) in [6.07, 6.45) is 0. The van der Waals surface area contributed by atoms with Gasteiger partial charge in [0, 0.05) is 5.56 Å². The molecule has 0 N–H and O–H groups in total. The second-order valence-electron chi connectivity index (χ2n) is 4.20. The van der Waals surface area contributed by atoms with Gasteiger partial charge >= 0.3 is 0 Å². The van der Waals surface area contributed by atoms with Crippen LogP contribution in [0, 0.1) is 0 Å². The normalized spacial score (nSPS) is 10.1. The Morgan fingerprint density at radius 2 is 1.63 bits per heavy atom. The first-order chi connectivity index (χ1) is 9.15. The van der Waals surface area contributed by atoms with E-state index < -0.39 is 0 Å². The molecular formula is C16H16O3. The summed E-state index contributed by atoms with van der Waals surface area (Å²) in [6, 6.07) is 13.1. The highest BCUT2D eigenvalue weighted by atomic mass is 16.5. The number of carbonyl (C=O) groups excluding carboxylic acids is 1. The van der Waals surface area contributed by atoms with E-state index in [0.29, 0.717) is 5.56 Å². The van der Waals surface area contributed by atoms with Gasteiger partial charge in [0.05, 0.1) is 14.2 Å². The van der Waals surface area contributed by atoms with Gasteiger partial charge in [-0.15, -0.1) is 0 Å². The van der Waals surface area contributed by atoms with Crippen LogP contribution in [-0.4, -0.2) is 20.0 Å². The van der Waals surface area contributed by atoms with Crippen LogP contribution in [0.3, 0.4) is 0 Å². The van der Waals surface area contributed by atoms with Crippen LogP contribution < -0.4 is 9.47 Å². The van der Waals surface area contributed by atoms with Crippen molar-refractivity contribution in [1.29, 1.82) is 0 Å². The Kier molecular flexibility index (Phi) is 3.85. The molecule has 0 amide bonds. The predicted molar refractivity (Wildman–Crippen MR) is 75.0 cm³/mol. The van der Waals surface area contributed by atoms with Gasteiger partial charge in [0.15, 0.2) is 5.78 Å². The number of rotatable bonds is 4. The van der Waals surface area contributed by atoms with Crippen molar-refractivity contribution in [3.63, 3.8) is 0 Å². The first kappa shape index (κ1) is 13.1. The molecule has 0 aliphatic rings. The first-order valence-electron chi connectivity index (χ1n) is 5.99. The zero-order valence-electron chi connectivity index (χ0n) is 11.3. The van der Waals surface area contributed by atoms with Crippen LogP contribution in [-0.2, 0) is 0 Å². The summed E-state index contributed by atoms with van der Waals surface area (Å²) in [6.45, 7) is 1.56. The summed E-state index contributed by atoms with van der Waals surface area (Å²) >= 11 is 0. The van der Waals surface area contributed by atoms with Crippen LogP contribution in [0.25, 0.3) is 11.1 Å². The minimum absolute atomic E-state index is 0.0282. The van der Waals surface area contributed by atoms with Gasteiger partial charge in [0.2, 0.25) is 0 Å². The quantitative estimate of drug-likeness (QED) is 0.784. The summed E-state index contributed by atoms with van der Waals surface area (Å²) in [5.41, 5.74) is 2.46. The molecule has 2 aromatic carbocycles. The molecule has 0 spiro atoms. The zero-order valence-corrected chi connectivity index (χ0v) is 11.3. The number of ketones is 1. The summed E-state index contributed by atoms with van der Waals surface area (Å²) in [4.78, 5) is 11.7. The third kappa shape index (κ3) is 2.76. The maximum absolute atomic E-state index is 11.7. The lowest BCUT2D eigenvalue weighted by atomic mass is 9.97. The topological polar surface area (TPSA) is 35.5 Å². The standard InChI is InChI=1S/C16H16O3/c1-11(17)15-8-7-14(19-3)10-16(15)12-5-4-6-13(9-12)18-2/h4-10H,1-3H3. The summed E-state index contributed by atoms with van der Waals surface area (Å²) < 4.78 is 10.4. The number of ether oxygens (including phenoxy) is 2. The van der Waals surface area contributed by atoms with E-state index in [-0.39, 0.29) is 5.78 Å². The van der Waals surface area contributed by atoms with E-state index in [0.717, 1.165) is 22.6 Å². The van der Waals surface area contributed by atoms with E-state index in [9.17, 15) is 4.79 Å². The molecule has 0 bridgehead atoms. The highest BCUT2D eigenvalue weighted by Gasteiger charge is 2.11. The maximum Gasteiger partial charge on any atom is 0.160 e. The highest BCUT2D eigenvalue weighted by molar-refractivity contribution is 6.01. The van der Waals surface area contributed by atoms with Crippen molar-refractivity contribution in [2.24, 2.45) is 0 Å². The molecule has 0 radical (unpaired) electrons. The van der Waals surface area contributed by atoms with E-state index in [4.69, 9.17) is 9.47 Å². The van der Waals surface area contributed by atoms with Gasteiger partial charge in [-0.25, -0.2) is 0 Å². The van der Waals surface area contributed by atoms with Crippen LogP contribution in [0.4, 0.5) is 0 Å². The first-order valence-corrected chi connectivity index (χ1v) is 5.99. The van der Waals surface area contributed by atoms with Crippen LogP contribution in [0.2, 0.25) is 0 Å². The van der Waals surface area contributed by atoms with Crippen LogP contribution in [0.5, 0.6) is 11.5 Å². The number of Topliss-reactive ketones (excluding diaryl/α,β-unsaturated/α-hetero) is 1. The fourth-order valence-corrected chi connectivity index (χ4v) is 1.99. The number of hydrogen-bond donors (Lipinski definition) is 0. The third-order valence-corrected chi connectivity index (χ3v) is 2.99. The minimum atomic E-state index is 0.0282. The molecule has 0 heterocycles. The monoisotopic (exact) mass is 256 g/mol. The van der Waals surface area contributed by atoms with E-state index in [1.807, 2.05) is 30.3 Å². The van der Waals surface area contributed by atoms with Gasteiger partial charge in [0.1, 0.15) is 11.5 Å². The van der Waals surface area contributed by atoms with Crippen LogP contribution in [0.15, 0.2) is 42.5 Å². The predicted octanol–water partition coefficient (Wildman–Crippen LogP) is 3.57. The average Bonchev–Trinajstić information content (AvgIpc) is 2.46. The van der Waals surface area contributed by atoms with Crippen molar-refractivity contribution in [2.75, 3.05) is 14.2 Å². The zero-order chi connectivity index (χ0) is 13.8. The summed E-state index contributed by atoms with van der Waals surface area (Å²) in [5, 5.41) is 0. The number of benzene rings is 2. The lowest BCUT2D eigenvalue weighted by molar-refractivity contribution is 0.101. The Morgan fingerprint density at radius 3 is 2.26 bits per heavy atom. The smallest absolute Gasteiger partial charge is 0.160 e. The fourth-order valence-electron chi connectivity index (χ4n) is 1.99. The van der Waals surface area contributed by atoms with Gasteiger partial charge in [-0.3, -0.25) is 4.79 Å². The molecule has 98 valence electrons. The average molecular weight is 256 g/mol. The Balaban J connectivity index is 2.60. The Hall–Kier alpha value is -2.29. The molecule has 2 aromatic rings. The number of hydrogen-bond acceptors (Lipinski definition) is 3. The van der Waals surface area contributed by atoms with Crippen molar-refractivity contribution >= 4 is 5.78 Å². The molecule has 0 saturated carbocycles. The third-order valence-electron chi connectivity index (χ3n) is 2.99. The molecule has 0 fully saturated rings. The van der Waals surface area contributed by atoms with Crippen molar-refractivity contribution in [2.45, 2.75) is 6.92 Å². The SMILES string of the molecule is COc1cccc(-c2cc(OC)ccc2C(C)=O)c1. The van der Waals surface area contributed by atoms with Crippen molar-refractivity contribution in [3.8, 4) is 22.6 Å². The minimum Gasteiger partial charge on any atom is -0.497 e. The molecule has 0 unspecified atom stereocenters. The summed E-state index contributed by atoms with van der Waals surface area (Å²) in [7, 11) is 3.23. The molecule has 3 nitrogen and oxygen atoms in total. The lowest BCUT2D eigenvalue weighted by Crippen LogP contribution is -1.97. The van der Waals surface area contributed by atoms with E-state index in [1.165, 1.54) is 0 Å². The molecule has 0 atom stereocenters. The molecule has 0 aromatic heterocycles. The van der Waals surface area contributed by atoms with E-state index in [2.05, 4.69) is 0 Å². The number of methoxy groups -OCH3 is 2. The molecule has 19 heavy (non-hydrogen) atoms. The van der Waals surface area contributed by atoms with Crippen LogP contribution in [0.1, 0.15) is 17.3 Å². The second kappa shape index (κ2) is 5.57. The van der Waals surface area contributed by atoms with Crippen molar-refractivity contribution < 1.29 is 14.3 Å². The summed E-state index contributed by atoms with van der Waals surface area (Å²) in [5.74, 6) is 1.51. The van der Waals surface area contributed by atoms with E-state index >= 15 is 0 Å². The second-order valence-corrected chi connectivity index (χ2v) is 4.20. The van der Waals surface area contributed by atoms with Gasteiger partial charge in [-0.1, -0.05) is 12.1 Å². The highest BCUT2D eigenvalue weighted by Crippen LogP contribution is 2.30. The fraction of sp³-hybridized carbons (Fsp3) is 0.188.